The van der Waals surface area contributed by atoms with E-state index in [1.807, 2.05) is 0 Å². The van der Waals surface area contributed by atoms with Crippen LogP contribution in [0.15, 0.2) is 0 Å². The summed E-state index contributed by atoms with van der Waals surface area (Å²) in [5, 5.41) is 8.91. The van der Waals surface area contributed by atoms with Gasteiger partial charge in [-0.15, -0.1) is 5.10 Å². The van der Waals surface area contributed by atoms with E-state index >= 15 is 0 Å². The van der Waals surface area contributed by atoms with Crippen LogP contribution in [-0.2, 0) is 12.8 Å². The predicted molar refractivity (Wildman–Crippen MR) is 91.9 cm³/mol. The van der Waals surface area contributed by atoms with E-state index in [0.717, 1.165) is 48.9 Å². The van der Waals surface area contributed by atoms with E-state index in [4.69, 9.17) is 18.0 Å². The fourth-order valence-corrected chi connectivity index (χ4v) is 3.33. The van der Waals surface area contributed by atoms with Crippen molar-refractivity contribution < 1.29 is 0 Å². The first-order valence-corrected chi connectivity index (χ1v) is 8.42. The standard InChI is InChI=1S/C16H26N4S/c1-4-12-13(5-2)18-19-16(14(12)15(17)21)20-9-6-7-11(3)8-10-20/h11H,4-10H2,1-3H3,(H2,17,21). The van der Waals surface area contributed by atoms with Gasteiger partial charge in [-0.05, 0) is 43.6 Å². The normalized spacial score (nSPS) is 19.4. The highest BCUT2D eigenvalue weighted by Crippen LogP contribution is 2.27. The molecule has 1 fully saturated rings. The lowest BCUT2D eigenvalue weighted by Crippen LogP contribution is -2.30. The van der Waals surface area contributed by atoms with Crippen molar-refractivity contribution in [3.8, 4) is 0 Å². The molecule has 0 amide bonds. The molecule has 2 rings (SSSR count). The van der Waals surface area contributed by atoms with E-state index in [-0.39, 0.29) is 0 Å². The maximum absolute atomic E-state index is 6.02. The van der Waals surface area contributed by atoms with Crippen LogP contribution in [0.3, 0.4) is 0 Å². The van der Waals surface area contributed by atoms with Crippen molar-refractivity contribution in [2.75, 3.05) is 18.0 Å². The number of anilines is 1. The summed E-state index contributed by atoms with van der Waals surface area (Å²) in [5.74, 6) is 1.67. The lowest BCUT2D eigenvalue weighted by Gasteiger charge is -2.25. The number of nitrogens with zero attached hydrogens (tertiary/aromatic N) is 3. The first-order chi connectivity index (χ1) is 10.1. The lowest BCUT2D eigenvalue weighted by atomic mass is 10.0. The lowest BCUT2D eigenvalue weighted by molar-refractivity contribution is 0.521. The molecule has 0 aliphatic carbocycles. The highest BCUT2D eigenvalue weighted by molar-refractivity contribution is 7.80. The van der Waals surface area contributed by atoms with E-state index < -0.39 is 0 Å². The highest BCUT2D eigenvalue weighted by Gasteiger charge is 2.23. The summed E-state index contributed by atoms with van der Waals surface area (Å²) in [6, 6.07) is 0. The summed E-state index contributed by atoms with van der Waals surface area (Å²) in [4.78, 5) is 2.77. The van der Waals surface area contributed by atoms with Crippen LogP contribution in [0.2, 0.25) is 0 Å². The third kappa shape index (κ3) is 3.51. The number of thiocarbonyl (C=S) groups is 1. The summed E-state index contributed by atoms with van der Waals surface area (Å²) >= 11 is 5.32. The van der Waals surface area contributed by atoms with Gasteiger partial charge in [-0.3, -0.25) is 0 Å². The molecule has 1 aromatic rings. The van der Waals surface area contributed by atoms with Gasteiger partial charge >= 0.3 is 0 Å². The van der Waals surface area contributed by atoms with Crippen LogP contribution in [0.1, 0.15) is 56.9 Å². The minimum atomic E-state index is 0.448. The summed E-state index contributed by atoms with van der Waals surface area (Å²) < 4.78 is 0. The van der Waals surface area contributed by atoms with Gasteiger partial charge in [0.1, 0.15) is 4.99 Å². The molecule has 116 valence electrons. The summed E-state index contributed by atoms with van der Waals surface area (Å²) in [5.41, 5.74) is 9.17. The van der Waals surface area contributed by atoms with Gasteiger partial charge in [-0.25, -0.2) is 0 Å². The largest absolute Gasteiger partial charge is 0.389 e. The quantitative estimate of drug-likeness (QED) is 0.867. The maximum Gasteiger partial charge on any atom is 0.161 e. The molecule has 1 atom stereocenters. The molecule has 0 spiro atoms. The van der Waals surface area contributed by atoms with E-state index in [2.05, 4.69) is 35.9 Å². The molecule has 1 saturated heterocycles. The Morgan fingerprint density at radius 2 is 2.00 bits per heavy atom. The van der Waals surface area contributed by atoms with Crippen LogP contribution in [0.5, 0.6) is 0 Å². The molecule has 0 aromatic carbocycles. The van der Waals surface area contributed by atoms with Crippen molar-refractivity contribution in [2.24, 2.45) is 11.7 Å². The van der Waals surface area contributed by atoms with E-state index in [1.54, 1.807) is 0 Å². The number of hydrogen-bond acceptors (Lipinski definition) is 4. The molecule has 0 bridgehead atoms. The molecular weight excluding hydrogens is 280 g/mol. The van der Waals surface area contributed by atoms with Gasteiger partial charge in [0, 0.05) is 13.1 Å². The summed E-state index contributed by atoms with van der Waals surface area (Å²) in [7, 11) is 0. The van der Waals surface area contributed by atoms with Gasteiger partial charge in [0.2, 0.25) is 0 Å². The van der Waals surface area contributed by atoms with Gasteiger partial charge in [-0.2, -0.15) is 5.10 Å². The van der Waals surface area contributed by atoms with Crippen LogP contribution >= 0.6 is 12.2 Å². The second-order valence-electron chi connectivity index (χ2n) is 5.92. The number of aryl methyl sites for hydroxylation is 1. The smallest absolute Gasteiger partial charge is 0.161 e. The SMILES string of the molecule is CCc1nnc(N2CCCC(C)CC2)c(C(N)=S)c1CC. The van der Waals surface area contributed by atoms with Crippen molar-refractivity contribution in [1.82, 2.24) is 10.2 Å². The Bertz CT molecular complexity index is 515. The molecule has 1 aliphatic heterocycles. The number of rotatable bonds is 4. The zero-order valence-electron chi connectivity index (χ0n) is 13.4. The fraction of sp³-hybridized carbons (Fsp3) is 0.688. The maximum atomic E-state index is 6.02. The van der Waals surface area contributed by atoms with Gasteiger partial charge < -0.3 is 10.6 Å². The second kappa shape index (κ2) is 7.16. The topological polar surface area (TPSA) is 55.0 Å². The highest BCUT2D eigenvalue weighted by atomic mass is 32.1. The van der Waals surface area contributed by atoms with Crippen molar-refractivity contribution in [3.05, 3.63) is 16.8 Å². The minimum absolute atomic E-state index is 0.448. The first kappa shape index (κ1) is 16.1. The van der Waals surface area contributed by atoms with Crippen LogP contribution < -0.4 is 10.6 Å². The second-order valence-corrected chi connectivity index (χ2v) is 6.36. The third-order valence-electron chi connectivity index (χ3n) is 4.39. The average Bonchev–Trinajstić information content (AvgIpc) is 2.70. The monoisotopic (exact) mass is 306 g/mol. The Morgan fingerprint density at radius 1 is 1.24 bits per heavy atom. The molecule has 21 heavy (non-hydrogen) atoms. The zero-order valence-corrected chi connectivity index (χ0v) is 14.2. The molecule has 4 nitrogen and oxygen atoms in total. The van der Waals surface area contributed by atoms with E-state index in [9.17, 15) is 0 Å². The molecule has 5 heteroatoms. The van der Waals surface area contributed by atoms with Crippen molar-refractivity contribution in [3.63, 3.8) is 0 Å². The van der Waals surface area contributed by atoms with Gasteiger partial charge in [0.15, 0.2) is 5.82 Å². The summed E-state index contributed by atoms with van der Waals surface area (Å²) in [6.07, 6.45) is 5.41. The molecule has 2 heterocycles. The Balaban J connectivity index is 2.45. The molecule has 1 aromatic heterocycles. The zero-order chi connectivity index (χ0) is 15.4. The van der Waals surface area contributed by atoms with Crippen LogP contribution in [0.4, 0.5) is 5.82 Å². The molecule has 1 unspecified atom stereocenters. The van der Waals surface area contributed by atoms with Gasteiger partial charge in [-0.1, -0.05) is 33.0 Å². The van der Waals surface area contributed by atoms with Gasteiger partial charge in [0.05, 0.1) is 11.3 Å². The molecular formula is C16H26N4S. The molecule has 1 aliphatic rings. The third-order valence-corrected chi connectivity index (χ3v) is 4.59. The van der Waals surface area contributed by atoms with Crippen LogP contribution in [0, 0.1) is 5.92 Å². The molecule has 2 N–H and O–H groups in total. The minimum Gasteiger partial charge on any atom is -0.389 e. The number of nitrogens with two attached hydrogens (primary N) is 1. The van der Waals surface area contributed by atoms with Crippen molar-refractivity contribution >= 4 is 23.0 Å². The Labute approximate surface area is 133 Å². The number of aromatic nitrogens is 2. The number of hydrogen-bond donors (Lipinski definition) is 1. The fourth-order valence-electron chi connectivity index (χ4n) is 3.12. The summed E-state index contributed by atoms with van der Waals surface area (Å²) in [6.45, 7) is 8.58. The Hall–Kier alpha value is -1.23. The van der Waals surface area contributed by atoms with Gasteiger partial charge in [0.25, 0.3) is 0 Å². The predicted octanol–water partition coefficient (Wildman–Crippen LogP) is 2.86. The molecule has 0 radical (unpaired) electrons. The van der Waals surface area contributed by atoms with E-state index in [0.29, 0.717) is 4.99 Å². The van der Waals surface area contributed by atoms with Crippen LogP contribution in [-0.4, -0.2) is 28.3 Å². The Kier molecular flexibility index (Phi) is 5.51. The van der Waals surface area contributed by atoms with E-state index in [1.165, 1.54) is 24.8 Å². The molecule has 0 saturated carbocycles. The van der Waals surface area contributed by atoms with Crippen molar-refractivity contribution in [1.29, 1.82) is 0 Å². The average molecular weight is 306 g/mol. The van der Waals surface area contributed by atoms with Crippen LogP contribution in [0.25, 0.3) is 0 Å². The van der Waals surface area contributed by atoms with Crippen molar-refractivity contribution in [2.45, 2.75) is 52.9 Å². The Morgan fingerprint density at radius 3 is 2.62 bits per heavy atom. The first-order valence-electron chi connectivity index (χ1n) is 8.01.